The number of rotatable bonds is 5. The largest absolute Gasteiger partial charge is 0.394 e. The molecule has 1 atom stereocenters. The first kappa shape index (κ1) is 20.5. The highest BCUT2D eigenvalue weighted by atomic mass is 35.5. The van der Waals surface area contributed by atoms with Gasteiger partial charge in [0.15, 0.2) is 0 Å². The first-order chi connectivity index (χ1) is 14.4. The Kier molecular flexibility index (Phi) is 5.80. The second-order valence-electron chi connectivity index (χ2n) is 7.18. The van der Waals surface area contributed by atoms with Gasteiger partial charge in [-0.2, -0.15) is 5.10 Å². The number of nitrogens with zero attached hydrogens (tertiary/aromatic N) is 3. The van der Waals surface area contributed by atoms with E-state index in [1.807, 2.05) is 4.68 Å². The first-order valence-corrected chi connectivity index (χ1v) is 10.2. The lowest BCUT2D eigenvalue weighted by molar-refractivity contribution is 0.102. The maximum atomic E-state index is 12.7. The molecule has 4 N–H and O–H groups in total. The Morgan fingerprint density at radius 1 is 1.27 bits per heavy atom. The second kappa shape index (κ2) is 8.51. The third-order valence-electron chi connectivity index (χ3n) is 4.98. The van der Waals surface area contributed by atoms with E-state index >= 15 is 0 Å². The second-order valence-corrected chi connectivity index (χ2v) is 7.99. The molecule has 1 amide bonds. The van der Waals surface area contributed by atoms with Crippen molar-refractivity contribution in [3.05, 3.63) is 74.4 Å². The molecule has 3 aromatic rings. The van der Waals surface area contributed by atoms with Crippen molar-refractivity contribution < 1.29 is 4.79 Å². The van der Waals surface area contributed by atoms with Crippen LogP contribution in [0, 0.1) is 0 Å². The molecule has 0 radical (unpaired) electrons. The number of hydrogen-bond donors (Lipinski definition) is 3. The highest BCUT2D eigenvalue weighted by Crippen LogP contribution is 2.23. The molecule has 0 aliphatic carbocycles. The smallest absolute Gasteiger partial charge is 0.274 e. The van der Waals surface area contributed by atoms with Gasteiger partial charge in [-0.25, -0.2) is 0 Å². The Morgan fingerprint density at radius 2 is 2.10 bits per heavy atom. The SMILES string of the molecule is Nc1cc(C(=O)Nc2cnn(C3CCNC3)c2)cn(Cc2ccc(Cl)c(Cl)c2)c1=O. The van der Waals surface area contributed by atoms with Gasteiger partial charge >= 0.3 is 0 Å². The molecule has 156 valence electrons. The molecule has 10 heteroatoms. The minimum Gasteiger partial charge on any atom is -0.394 e. The van der Waals surface area contributed by atoms with Crippen LogP contribution in [-0.2, 0) is 6.54 Å². The number of carbonyl (C=O) groups is 1. The van der Waals surface area contributed by atoms with Gasteiger partial charge in [0.25, 0.3) is 11.5 Å². The van der Waals surface area contributed by atoms with E-state index in [1.165, 1.54) is 16.8 Å². The fourth-order valence-electron chi connectivity index (χ4n) is 3.41. The zero-order valence-electron chi connectivity index (χ0n) is 15.9. The number of anilines is 2. The van der Waals surface area contributed by atoms with Gasteiger partial charge in [-0.15, -0.1) is 0 Å². The van der Waals surface area contributed by atoms with Crippen LogP contribution in [0.15, 0.2) is 47.7 Å². The number of amides is 1. The summed E-state index contributed by atoms with van der Waals surface area (Å²) >= 11 is 12.0. The van der Waals surface area contributed by atoms with Crippen LogP contribution in [0.5, 0.6) is 0 Å². The highest BCUT2D eigenvalue weighted by molar-refractivity contribution is 6.42. The van der Waals surface area contributed by atoms with Gasteiger partial charge < -0.3 is 20.9 Å². The zero-order chi connectivity index (χ0) is 21.3. The highest BCUT2D eigenvalue weighted by Gasteiger charge is 2.18. The van der Waals surface area contributed by atoms with Crippen molar-refractivity contribution in [3.8, 4) is 0 Å². The average Bonchev–Trinajstić information content (AvgIpc) is 3.40. The molecule has 1 aliphatic rings. The lowest BCUT2D eigenvalue weighted by atomic mass is 10.2. The van der Waals surface area contributed by atoms with Crippen LogP contribution in [0.4, 0.5) is 11.4 Å². The van der Waals surface area contributed by atoms with Crippen LogP contribution >= 0.6 is 23.2 Å². The number of halogens is 2. The van der Waals surface area contributed by atoms with Crippen molar-refractivity contribution in [2.24, 2.45) is 0 Å². The van der Waals surface area contributed by atoms with Gasteiger partial charge in [0.2, 0.25) is 0 Å². The Bertz CT molecular complexity index is 1150. The van der Waals surface area contributed by atoms with Crippen LogP contribution in [-0.4, -0.2) is 33.3 Å². The zero-order valence-corrected chi connectivity index (χ0v) is 17.5. The maximum Gasteiger partial charge on any atom is 0.274 e. The van der Waals surface area contributed by atoms with E-state index in [2.05, 4.69) is 15.7 Å². The molecular formula is C20H20Cl2N6O2. The van der Waals surface area contributed by atoms with Gasteiger partial charge in [-0.1, -0.05) is 29.3 Å². The molecule has 30 heavy (non-hydrogen) atoms. The van der Waals surface area contributed by atoms with Crippen LogP contribution in [0.3, 0.4) is 0 Å². The summed E-state index contributed by atoms with van der Waals surface area (Å²) in [6, 6.07) is 6.73. The number of carbonyl (C=O) groups excluding carboxylic acids is 1. The number of nitrogens with one attached hydrogen (secondary N) is 2. The van der Waals surface area contributed by atoms with E-state index in [0.717, 1.165) is 25.1 Å². The summed E-state index contributed by atoms with van der Waals surface area (Å²) in [7, 11) is 0. The van der Waals surface area contributed by atoms with Gasteiger partial charge in [0.1, 0.15) is 0 Å². The molecule has 4 rings (SSSR count). The molecule has 1 unspecified atom stereocenters. The molecular weight excluding hydrogens is 427 g/mol. The molecule has 2 aromatic heterocycles. The third kappa shape index (κ3) is 4.35. The van der Waals surface area contributed by atoms with Crippen molar-refractivity contribution in [2.75, 3.05) is 24.1 Å². The standard InChI is InChI=1S/C20H20Cl2N6O2/c21-16-2-1-12(5-17(16)22)9-27-10-13(6-18(23)20(27)30)19(29)26-14-7-25-28(11-14)15-3-4-24-8-15/h1-2,5-7,10-11,15,24H,3-4,8-9,23H2,(H,26,29). The van der Waals surface area contributed by atoms with Gasteiger partial charge in [0.05, 0.1) is 45.8 Å². The van der Waals surface area contributed by atoms with E-state index in [0.29, 0.717) is 15.7 Å². The molecule has 0 saturated carbocycles. The van der Waals surface area contributed by atoms with Gasteiger partial charge in [-0.05, 0) is 36.7 Å². The monoisotopic (exact) mass is 446 g/mol. The van der Waals surface area contributed by atoms with Crippen molar-refractivity contribution in [1.82, 2.24) is 19.7 Å². The summed E-state index contributed by atoms with van der Waals surface area (Å²) < 4.78 is 3.21. The lowest BCUT2D eigenvalue weighted by Crippen LogP contribution is -2.25. The fraction of sp³-hybridized carbons (Fsp3) is 0.250. The van der Waals surface area contributed by atoms with Crippen LogP contribution in [0.2, 0.25) is 10.0 Å². The van der Waals surface area contributed by atoms with Gasteiger partial charge in [0, 0.05) is 18.9 Å². The molecule has 3 heterocycles. The Balaban J connectivity index is 1.54. The number of aromatic nitrogens is 3. The van der Waals surface area contributed by atoms with Crippen molar-refractivity contribution in [3.63, 3.8) is 0 Å². The lowest BCUT2D eigenvalue weighted by Gasteiger charge is -2.11. The van der Waals surface area contributed by atoms with Gasteiger partial charge in [-0.3, -0.25) is 14.3 Å². The van der Waals surface area contributed by atoms with E-state index in [9.17, 15) is 9.59 Å². The van der Waals surface area contributed by atoms with Crippen LogP contribution < -0.4 is 21.9 Å². The minimum atomic E-state index is -0.390. The molecule has 1 aliphatic heterocycles. The third-order valence-corrected chi connectivity index (χ3v) is 5.72. The summed E-state index contributed by atoms with van der Waals surface area (Å²) in [5.74, 6) is -0.381. The number of nitrogens with two attached hydrogens (primary N) is 1. The van der Waals surface area contributed by atoms with E-state index < -0.39 is 0 Å². The molecule has 1 saturated heterocycles. The maximum absolute atomic E-state index is 12.7. The number of benzene rings is 1. The first-order valence-electron chi connectivity index (χ1n) is 9.41. The number of hydrogen-bond acceptors (Lipinski definition) is 5. The Labute approximate surface area is 182 Å². The molecule has 0 spiro atoms. The topological polar surface area (TPSA) is 107 Å². The van der Waals surface area contributed by atoms with Crippen molar-refractivity contribution >= 4 is 40.5 Å². The van der Waals surface area contributed by atoms with E-state index in [-0.39, 0.29) is 35.3 Å². The molecule has 1 aromatic carbocycles. The van der Waals surface area contributed by atoms with E-state index in [1.54, 1.807) is 30.6 Å². The summed E-state index contributed by atoms with van der Waals surface area (Å²) in [5, 5.41) is 11.2. The summed E-state index contributed by atoms with van der Waals surface area (Å²) in [6.07, 6.45) is 5.86. The Morgan fingerprint density at radius 3 is 2.83 bits per heavy atom. The minimum absolute atomic E-state index is 0.0181. The molecule has 8 nitrogen and oxygen atoms in total. The molecule has 0 bridgehead atoms. The number of nitrogen functional groups attached to an aromatic ring is 1. The normalized spacial score (nSPS) is 16.0. The summed E-state index contributed by atoms with van der Waals surface area (Å²) in [5.41, 5.74) is 7.06. The summed E-state index contributed by atoms with van der Waals surface area (Å²) in [6.45, 7) is 2.00. The average molecular weight is 447 g/mol. The Hall–Kier alpha value is -2.81. The van der Waals surface area contributed by atoms with Crippen LogP contribution in [0.1, 0.15) is 28.4 Å². The van der Waals surface area contributed by atoms with Crippen molar-refractivity contribution in [1.29, 1.82) is 0 Å². The predicted molar refractivity (Wildman–Crippen MR) is 117 cm³/mol. The number of pyridine rings is 1. The molecule has 1 fully saturated rings. The summed E-state index contributed by atoms with van der Waals surface area (Å²) in [4.78, 5) is 25.2. The predicted octanol–water partition coefficient (Wildman–Crippen LogP) is 2.77. The van der Waals surface area contributed by atoms with E-state index in [4.69, 9.17) is 28.9 Å². The van der Waals surface area contributed by atoms with Crippen molar-refractivity contribution in [2.45, 2.75) is 19.0 Å². The fourth-order valence-corrected chi connectivity index (χ4v) is 3.73. The van der Waals surface area contributed by atoms with Crippen LogP contribution in [0.25, 0.3) is 0 Å². The quantitative estimate of drug-likeness (QED) is 0.558.